The molecule has 0 aromatic carbocycles. The molecule has 1 aromatic rings. The summed E-state index contributed by atoms with van der Waals surface area (Å²) in [6.45, 7) is 2.74. The first kappa shape index (κ1) is 14.1. The molecule has 1 saturated heterocycles. The molecular formula is C14H23N3O2. The van der Waals surface area contributed by atoms with Crippen LogP contribution in [0, 0.1) is 0 Å². The summed E-state index contributed by atoms with van der Waals surface area (Å²) >= 11 is 0. The molecule has 0 radical (unpaired) electrons. The molecule has 1 aromatic heterocycles. The number of hydrogen-bond donors (Lipinski definition) is 1. The van der Waals surface area contributed by atoms with Crippen LogP contribution in [0.2, 0.25) is 0 Å². The first-order valence-electron chi connectivity index (χ1n) is 6.81. The van der Waals surface area contributed by atoms with E-state index in [1.807, 2.05) is 4.90 Å². The Labute approximate surface area is 114 Å². The Hall–Kier alpha value is -1.33. The Bertz CT molecular complexity index is 409. The highest BCUT2D eigenvalue weighted by molar-refractivity contribution is 5.77. The summed E-state index contributed by atoms with van der Waals surface area (Å²) in [6.07, 6.45) is 4.09. The Morgan fingerprint density at radius 2 is 2.21 bits per heavy atom. The summed E-state index contributed by atoms with van der Waals surface area (Å²) < 4.78 is 7.01. The molecule has 1 aliphatic rings. The molecule has 5 nitrogen and oxygen atoms in total. The average molecular weight is 265 g/mol. The van der Waals surface area contributed by atoms with E-state index in [0.29, 0.717) is 6.04 Å². The summed E-state index contributed by atoms with van der Waals surface area (Å²) in [5, 5.41) is 3.57. The first-order valence-corrected chi connectivity index (χ1v) is 6.81. The van der Waals surface area contributed by atoms with Crippen molar-refractivity contribution in [2.75, 3.05) is 26.8 Å². The van der Waals surface area contributed by atoms with Crippen molar-refractivity contribution in [2.45, 2.75) is 25.4 Å². The van der Waals surface area contributed by atoms with Gasteiger partial charge in [0.1, 0.15) is 6.61 Å². The van der Waals surface area contributed by atoms with Crippen LogP contribution in [0.15, 0.2) is 18.3 Å². The number of methoxy groups -OCH3 is 1. The highest BCUT2D eigenvalue weighted by Crippen LogP contribution is 2.11. The normalized spacial score (nSPS) is 16.8. The van der Waals surface area contributed by atoms with Crippen molar-refractivity contribution >= 4 is 5.91 Å². The van der Waals surface area contributed by atoms with Crippen LogP contribution in [0.4, 0.5) is 0 Å². The van der Waals surface area contributed by atoms with Crippen LogP contribution >= 0.6 is 0 Å². The van der Waals surface area contributed by atoms with E-state index in [4.69, 9.17) is 4.74 Å². The molecule has 2 rings (SSSR count). The molecule has 0 atom stereocenters. The van der Waals surface area contributed by atoms with Gasteiger partial charge in [0.25, 0.3) is 0 Å². The molecule has 0 unspecified atom stereocenters. The van der Waals surface area contributed by atoms with Gasteiger partial charge in [0.2, 0.25) is 5.91 Å². The lowest BCUT2D eigenvalue weighted by Crippen LogP contribution is -2.45. The summed E-state index contributed by atoms with van der Waals surface area (Å²) in [5.41, 5.74) is 1.29. The van der Waals surface area contributed by atoms with Crippen molar-refractivity contribution in [2.24, 2.45) is 7.05 Å². The van der Waals surface area contributed by atoms with Gasteiger partial charge in [0.05, 0.1) is 0 Å². The van der Waals surface area contributed by atoms with Crippen molar-refractivity contribution in [3.8, 4) is 0 Å². The number of hydrogen-bond acceptors (Lipinski definition) is 3. The number of rotatable bonds is 5. The second-order valence-corrected chi connectivity index (χ2v) is 5.08. The van der Waals surface area contributed by atoms with Gasteiger partial charge in [-0.3, -0.25) is 4.79 Å². The van der Waals surface area contributed by atoms with E-state index in [1.54, 1.807) is 7.11 Å². The van der Waals surface area contributed by atoms with Crippen molar-refractivity contribution in [3.63, 3.8) is 0 Å². The molecule has 19 heavy (non-hydrogen) atoms. The van der Waals surface area contributed by atoms with Gasteiger partial charge in [-0.15, -0.1) is 0 Å². The van der Waals surface area contributed by atoms with E-state index in [9.17, 15) is 4.79 Å². The molecule has 0 spiro atoms. The Morgan fingerprint density at radius 3 is 2.79 bits per heavy atom. The Morgan fingerprint density at radius 1 is 1.47 bits per heavy atom. The second kappa shape index (κ2) is 6.73. The maximum atomic E-state index is 11.7. The zero-order valence-corrected chi connectivity index (χ0v) is 11.8. The molecular weight excluding hydrogens is 242 g/mol. The fraction of sp³-hybridized carbons (Fsp3) is 0.643. The molecule has 0 aliphatic carbocycles. The summed E-state index contributed by atoms with van der Waals surface area (Å²) in [4.78, 5) is 13.6. The number of ether oxygens (including phenoxy) is 1. The molecule has 2 heterocycles. The maximum Gasteiger partial charge on any atom is 0.248 e. The topological polar surface area (TPSA) is 46.5 Å². The van der Waals surface area contributed by atoms with Crippen molar-refractivity contribution in [3.05, 3.63) is 24.0 Å². The third kappa shape index (κ3) is 3.81. The van der Waals surface area contributed by atoms with Gasteiger partial charge < -0.3 is 19.5 Å². The zero-order chi connectivity index (χ0) is 13.7. The van der Waals surface area contributed by atoms with Gasteiger partial charge in [-0.25, -0.2) is 0 Å². The van der Waals surface area contributed by atoms with Crippen LogP contribution in [0.5, 0.6) is 0 Å². The van der Waals surface area contributed by atoms with Crippen molar-refractivity contribution in [1.29, 1.82) is 0 Å². The summed E-state index contributed by atoms with van der Waals surface area (Å²) in [6, 6.07) is 4.69. The summed E-state index contributed by atoms with van der Waals surface area (Å²) in [7, 11) is 3.62. The number of carbonyl (C=O) groups is 1. The first-order chi connectivity index (χ1) is 9.20. The van der Waals surface area contributed by atoms with Crippen LogP contribution in [0.3, 0.4) is 0 Å². The van der Waals surface area contributed by atoms with E-state index in [2.05, 4.69) is 35.3 Å². The van der Waals surface area contributed by atoms with Crippen LogP contribution in [0.1, 0.15) is 18.5 Å². The molecule has 1 aliphatic heterocycles. The smallest absolute Gasteiger partial charge is 0.248 e. The van der Waals surface area contributed by atoms with Gasteiger partial charge >= 0.3 is 0 Å². The number of aromatic nitrogens is 1. The van der Waals surface area contributed by atoms with Crippen molar-refractivity contribution in [1.82, 2.24) is 14.8 Å². The molecule has 1 amide bonds. The Balaban J connectivity index is 1.72. The van der Waals surface area contributed by atoms with Crippen molar-refractivity contribution < 1.29 is 9.53 Å². The standard InChI is InChI=1S/C14H23N3O2/c1-16-7-3-4-13(16)10-15-12-5-8-17(9-6-12)14(18)11-19-2/h3-4,7,12,15H,5-6,8-11H2,1-2H3. The number of carbonyl (C=O) groups excluding carboxylic acids is 1. The van der Waals surface area contributed by atoms with Gasteiger partial charge in [0, 0.05) is 51.7 Å². The zero-order valence-electron chi connectivity index (χ0n) is 11.8. The minimum atomic E-state index is 0.100. The lowest BCUT2D eigenvalue weighted by Gasteiger charge is -2.32. The monoisotopic (exact) mass is 265 g/mol. The van der Waals surface area contributed by atoms with Crippen LogP contribution in [-0.2, 0) is 23.1 Å². The van der Waals surface area contributed by atoms with E-state index < -0.39 is 0 Å². The van der Waals surface area contributed by atoms with E-state index in [-0.39, 0.29) is 12.5 Å². The van der Waals surface area contributed by atoms with Crippen LogP contribution < -0.4 is 5.32 Å². The van der Waals surface area contributed by atoms with Crippen LogP contribution in [-0.4, -0.2) is 48.2 Å². The van der Waals surface area contributed by atoms with Crippen LogP contribution in [0.25, 0.3) is 0 Å². The number of aryl methyl sites for hydroxylation is 1. The molecule has 106 valence electrons. The fourth-order valence-corrected chi connectivity index (χ4v) is 2.48. The van der Waals surface area contributed by atoms with Gasteiger partial charge in [0.15, 0.2) is 0 Å². The third-order valence-electron chi connectivity index (χ3n) is 3.74. The number of nitrogens with zero attached hydrogens (tertiary/aromatic N) is 2. The minimum absolute atomic E-state index is 0.100. The third-order valence-corrected chi connectivity index (χ3v) is 3.74. The number of amides is 1. The SMILES string of the molecule is COCC(=O)N1CCC(NCc2cccn2C)CC1. The maximum absolute atomic E-state index is 11.7. The molecule has 1 fully saturated rings. The lowest BCUT2D eigenvalue weighted by atomic mass is 10.0. The molecule has 0 saturated carbocycles. The number of piperidine rings is 1. The largest absolute Gasteiger partial charge is 0.375 e. The lowest BCUT2D eigenvalue weighted by molar-refractivity contribution is -0.136. The van der Waals surface area contributed by atoms with E-state index in [1.165, 1.54) is 5.69 Å². The molecule has 5 heteroatoms. The predicted octanol–water partition coefficient (Wildman–Crippen LogP) is 0.752. The fourth-order valence-electron chi connectivity index (χ4n) is 2.48. The average Bonchev–Trinajstić information content (AvgIpc) is 2.83. The quantitative estimate of drug-likeness (QED) is 0.854. The van der Waals surface area contributed by atoms with E-state index in [0.717, 1.165) is 32.5 Å². The molecule has 0 bridgehead atoms. The highest BCUT2D eigenvalue weighted by Gasteiger charge is 2.22. The van der Waals surface area contributed by atoms with Gasteiger partial charge in [-0.2, -0.15) is 0 Å². The van der Waals surface area contributed by atoms with Gasteiger partial charge in [-0.05, 0) is 25.0 Å². The highest BCUT2D eigenvalue weighted by atomic mass is 16.5. The van der Waals surface area contributed by atoms with E-state index >= 15 is 0 Å². The summed E-state index contributed by atoms with van der Waals surface area (Å²) in [5.74, 6) is 0.100. The Kier molecular flexibility index (Phi) is 4.99. The second-order valence-electron chi connectivity index (χ2n) is 5.08. The van der Waals surface area contributed by atoms with Gasteiger partial charge in [-0.1, -0.05) is 0 Å². The predicted molar refractivity (Wildman–Crippen MR) is 73.7 cm³/mol. The number of likely N-dealkylation sites (tertiary alicyclic amines) is 1. The number of nitrogens with one attached hydrogen (secondary N) is 1. The molecule has 1 N–H and O–H groups in total. The minimum Gasteiger partial charge on any atom is -0.375 e.